The highest BCUT2D eigenvalue weighted by molar-refractivity contribution is 8.00. The van der Waals surface area contributed by atoms with E-state index in [9.17, 15) is 9.90 Å². The Hall–Kier alpha value is -1.01. The summed E-state index contributed by atoms with van der Waals surface area (Å²) in [6, 6.07) is 0. The Morgan fingerprint density at radius 1 is 1.74 bits per heavy atom. The summed E-state index contributed by atoms with van der Waals surface area (Å²) < 4.78 is 1.77. The SMILES string of the molecule is CCCNC1(C(=O)O)CCC(Sc2cnn(C)c2)C1. The van der Waals surface area contributed by atoms with Crippen molar-refractivity contribution < 1.29 is 9.90 Å². The molecule has 2 unspecified atom stereocenters. The maximum absolute atomic E-state index is 11.5. The highest BCUT2D eigenvalue weighted by atomic mass is 32.2. The van der Waals surface area contributed by atoms with Crippen molar-refractivity contribution in [1.29, 1.82) is 0 Å². The van der Waals surface area contributed by atoms with Crippen LogP contribution in [0.5, 0.6) is 0 Å². The molecule has 106 valence electrons. The van der Waals surface area contributed by atoms with E-state index in [1.54, 1.807) is 16.4 Å². The fraction of sp³-hybridized carbons (Fsp3) is 0.692. The molecule has 6 heteroatoms. The average Bonchev–Trinajstić information content (AvgIpc) is 2.95. The lowest BCUT2D eigenvalue weighted by molar-refractivity contribution is -0.144. The van der Waals surface area contributed by atoms with Crippen LogP contribution < -0.4 is 5.32 Å². The number of hydrogen-bond donors (Lipinski definition) is 2. The summed E-state index contributed by atoms with van der Waals surface area (Å²) in [7, 11) is 1.89. The number of carboxylic acids is 1. The van der Waals surface area contributed by atoms with Crippen molar-refractivity contribution >= 4 is 17.7 Å². The summed E-state index contributed by atoms with van der Waals surface area (Å²) in [5.74, 6) is -0.713. The van der Waals surface area contributed by atoms with Gasteiger partial charge in [0.1, 0.15) is 5.54 Å². The fourth-order valence-corrected chi connectivity index (χ4v) is 3.86. The first-order chi connectivity index (χ1) is 9.05. The van der Waals surface area contributed by atoms with Crippen LogP contribution in [0.1, 0.15) is 32.6 Å². The molecule has 1 aromatic rings. The molecular weight excluding hydrogens is 262 g/mol. The monoisotopic (exact) mass is 283 g/mol. The van der Waals surface area contributed by atoms with Gasteiger partial charge in [-0.1, -0.05) is 6.92 Å². The van der Waals surface area contributed by atoms with Crippen molar-refractivity contribution in [2.45, 2.75) is 48.3 Å². The van der Waals surface area contributed by atoms with Gasteiger partial charge in [-0.3, -0.25) is 9.48 Å². The average molecular weight is 283 g/mol. The third-order valence-electron chi connectivity index (χ3n) is 3.58. The number of nitrogens with one attached hydrogen (secondary N) is 1. The number of nitrogens with zero attached hydrogens (tertiary/aromatic N) is 2. The fourth-order valence-electron chi connectivity index (χ4n) is 2.55. The number of aromatic nitrogens is 2. The van der Waals surface area contributed by atoms with E-state index in [1.165, 1.54) is 0 Å². The molecule has 5 nitrogen and oxygen atoms in total. The first-order valence-corrected chi connectivity index (χ1v) is 7.57. The van der Waals surface area contributed by atoms with E-state index in [-0.39, 0.29) is 0 Å². The van der Waals surface area contributed by atoms with Crippen molar-refractivity contribution in [3.8, 4) is 0 Å². The molecule has 1 heterocycles. The second kappa shape index (κ2) is 5.96. The minimum absolute atomic E-state index is 0.352. The topological polar surface area (TPSA) is 67.2 Å². The lowest BCUT2D eigenvalue weighted by Gasteiger charge is -2.25. The largest absolute Gasteiger partial charge is 0.480 e. The first-order valence-electron chi connectivity index (χ1n) is 6.69. The molecule has 1 fully saturated rings. The summed E-state index contributed by atoms with van der Waals surface area (Å²) in [5.41, 5.74) is -0.726. The van der Waals surface area contributed by atoms with E-state index in [4.69, 9.17) is 0 Å². The molecule has 1 aliphatic carbocycles. The van der Waals surface area contributed by atoms with Gasteiger partial charge in [-0.2, -0.15) is 5.10 Å². The summed E-state index contributed by atoms with van der Waals surface area (Å²) in [4.78, 5) is 12.7. The Kier molecular flexibility index (Phi) is 4.52. The highest BCUT2D eigenvalue weighted by Gasteiger charge is 2.45. The van der Waals surface area contributed by atoms with Crippen LogP contribution in [0.15, 0.2) is 17.3 Å². The summed E-state index contributed by atoms with van der Waals surface area (Å²) in [6.45, 7) is 2.82. The number of rotatable bonds is 6. The Morgan fingerprint density at radius 3 is 3.11 bits per heavy atom. The molecule has 0 bridgehead atoms. The number of carboxylic acid groups (broad SMARTS) is 1. The zero-order valence-electron chi connectivity index (χ0n) is 11.4. The molecule has 2 N–H and O–H groups in total. The van der Waals surface area contributed by atoms with E-state index in [0.29, 0.717) is 18.1 Å². The van der Waals surface area contributed by atoms with Crippen LogP contribution in [0.25, 0.3) is 0 Å². The van der Waals surface area contributed by atoms with Gasteiger partial charge in [0.05, 0.1) is 6.20 Å². The number of carbonyl (C=O) groups is 1. The normalized spacial score (nSPS) is 26.7. The van der Waals surface area contributed by atoms with Gasteiger partial charge >= 0.3 is 5.97 Å². The van der Waals surface area contributed by atoms with Crippen LogP contribution in [0, 0.1) is 0 Å². The molecule has 2 rings (SSSR count). The lowest BCUT2D eigenvalue weighted by atomic mass is 9.98. The van der Waals surface area contributed by atoms with Crippen molar-refractivity contribution in [2.24, 2.45) is 7.05 Å². The Bertz CT molecular complexity index is 449. The predicted molar refractivity (Wildman–Crippen MR) is 75.4 cm³/mol. The third kappa shape index (κ3) is 3.30. The maximum atomic E-state index is 11.5. The molecule has 1 aromatic heterocycles. The Balaban J connectivity index is 1.98. The first kappa shape index (κ1) is 14.4. The van der Waals surface area contributed by atoms with E-state index < -0.39 is 11.5 Å². The Labute approximate surface area is 117 Å². The van der Waals surface area contributed by atoms with Crippen LogP contribution in [0.4, 0.5) is 0 Å². The van der Waals surface area contributed by atoms with Crippen molar-refractivity contribution in [2.75, 3.05) is 6.54 Å². The van der Waals surface area contributed by atoms with Crippen LogP contribution in [-0.4, -0.2) is 38.2 Å². The predicted octanol–water partition coefficient (Wildman–Crippen LogP) is 1.89. The van der Waals surface area contributed by atoms with E-state index >= 15 is 0 Å². The number of hydrogen-bond acceptors (Lipinski definition) is 4. The molecule has 19 heavy (non-hydrogen) atoms. The van der Waals surface area contributed by atoms with E-state index in [0.717, 1.165) is 24.3 Å². The number of thioether (sulfide) groups is 1. The molecule has 1 saturated carbocycles. The Morgan fingerprint density at radius 2 is 2.53 bits per heavy atom. The maximum Gasteiger partial charge on any atom is 0.323 e. The van der Waals surface area contributed by atoms with Gasteiger partial charge in [-0.05, 0) is 32.2 Å². The number of aryl methyl sites for hydroxylation is 1. The summed E-state index contributed by atoms with van der Waals surface area (Å²) >= 11 is 1.74. The molecule has 0 spiro atoms. The standard InChI is InChI=1S/C13H21N3O2S/c1-3-6-14-13(12(17)18)5-4-10(7-13)19-11-8-15-16(2)9-11/h8-10,14H,3-7H2,1-2H3,(H,17,18). The summed E-state index contributed by atoms with van der Waals surface area (Å²) in [5, 5.41) is 17.2. The number of aliphatic carboxylic acids is 1. The van der Waals surface area contributed by atoms with Gasteiger partial charge in [-0.15, -0.1) is 11.8 Å². The summed E-state index contributed by atoms with van der Waals surface area (Å²) in [6.07, 6.45) is 7.09. The minimum Gasteiger partial charge on any atom is -0.480 e. The molecule has 0 aliphatic heterocycles. The van der Waals surface area contributed by atoms with Crippen LogP contribution in [0.3, 0.4) is 0 Å². The van der Waals surface area contributed by atoms with Gasteiger partial charge in [0.2, 0.25) is 0 Å². The molecule has 0 amide bonds. The molecular formula is C13H21N3O2S. The molecule has 1 aliphatic rings. The zero-order valence-corrected chi connectivity index (χ0v) is 12.2. The molecule has 2 atom stereocenters. The smallest absolute Gasteiger partial charge is 0.323 e. The van der Waals surface area contributed by atoms with Crippen LogP contribution >= 0.6 is 11.8 Å². The van der Waals surface area contributed by atoms with E-state index in [1.807, 2.05) is 19.4 Å². The van der Waals surface area contributed by atoms with Gasteiger partial charge in [0.25, 0.3) is 0 Å². The molecule has 0 saturated heterocycles. The van der Waals surface area contributed by atoms with Crippen molar-refractivity contribution in [1.82, 2.24) is 15.1 Å². The van der Waals surface area contributed by atoms with Crippen LogP contribution in [0.2, 0.25) is 0 Å². The second-order valence-electron chi connectivity index (χ2n) is 5.15. The zero-order chi connectivity index (χ0) is 13.9. The van der Waals surface area contributed by atoms with Gasteiger partial charge in [0, 0.05) is 23.4 Å². The van der Waals surface area contributed by atoms with Crippen molar-refractivity contribution in [3.63, 3.8) is 0 Å². The van der Waals surface area contributed by atoms with Gasteiger partial charge in [-0.25, -0.2) is 0 Å². The quantitative estimate of drug-likeness (QED) is 0.834. The van der Waals surface area contributed by atoms with Gasteiger partial charge < -0.3 is 10.4 Å². The highest BCUT2D eigenvalue weighted by Crippen LogP contribution is 2.40. The lowest BCUT2D eigenvalue weighted by Crippen LogP contribution is -2.50. The third-order valence-corrected chi connectivity index (χ3v) is 4.79. The minimum atomic E-state index is -0.726. The second-order valence-corrected chi connectivity index (χ2v) is 6.52. The van der Waals surface area contributed by atoms with Crippen molar-refractivity contribution in [3.05, 3.63) is 12.4 Å². The molecule has 0 radical (unpaired) electrons. The van der Waals surface area contributed by atoms with Crippen LogP contribution in [-0.2, 0) is 11.8 Å². The van der Waals surface area contributed by atoms with Gasteiger partial charge in [0.15, 0.2) is 0 Å². The molecule has 0 aromatic carbocycles. The van der Waals surface area contributed by atoms with E-state index in [2.05, 4.69) is 17.3 Å².